The van der Waals surface area contributed by atoms with E-state index in [-0.39, 0.29) is 17.4 Å². The third-order valence-corrected chi connectivity index (χ3v) is 7.68. The third kappa shape index (κ3) is 4.40. The number of aliphatic hydroxyl groups is 1. The lowest BCUT2D eigenvalue weighted by atomic mass is 9.62. The molecule has 1 aliphatic heterocycles. The second-order valence-corrected chi connectivity index (χ2v) is 10.5. The van der Waals surface area contributed by atoms with Gasteiger partial charge in [0.25, 0.3) is 5.91 Å². The summed E-state index contributed by atoms with van der Waals surface area (Å²) in [5.74, 6) is 0.756. The zero-order chi connectivity index (χ0) is 24.7. The Morgan fingerprint density at radius 1 is 1.11 bits per heavy atom. The summed E-state index contributed by atoms with van der Waals surface area (Å²) in [4.78, 5) is 34.1. The van der Waals surface area contributed by atoms with Crippen LogP contribution in [0.1, 0.15) is 28.9 Å². The molecule has 2 aliphatic rings. The van der Waals surface area contributed by atoms with Crippen LogP contribution in [0.3, 0.4) is 0 Å². The monoisotopic (exact) mass is 498 g/mol. The average molecular weight is 499 g/mol. The average Bonchev–Trinajstić information content (AvgIpc) is 2.88. The topological polar surface area (TPSA) is 104 Å². The number of carbonyl (C=O) groups is 1. The summed E-state index contributed by atoms with van der Waals surface area (Å²) in [5.41, 5.74) is 3.94. The van der Waals surface area contributed by atoms with Gasteiger partial charge in [0.2, 0.25) is 0 Å². The van der Waals surface area contributed by atoms with Gasteiger partial charge >= 0.3 is 0 Å². The Morgan fingerprint density at radius 3 is 2.75 bits per heavy atom. The number of anilines is 1. The largest absolute Gasteiger partial charge is 0.393 e. The number of nitrogens with zero attached hydrogens (tertiary/aromatic N) is 5. The molecule has 2 N–H and O–H groups in total. The van der Waals surface area contributed by atoms with Gasteiger partial charge in [0.1, 0.15) is 5.82 Å². The molecule has 36 heavy (non-hydrogen) atoms. The van der Waals surface area contributed by atoms with E-state index in [9.17, 15) is 9.90 Å². The predicted molar refractivity (Wildman–Crippen MR) is 140 cm³/mol. The zero-order valence-corrected chi connectivity index (χ0v) is 20.7. The Morgan fingerprint density at radius 2 is 1.94 bits per heavy atom. The van der Waals surface area contributed by atoms with Gasteiger partial charge in [-0.15, -0.1) is 11.8 Å². The summed E-state index contributed by atoms with van der Waals surface area (Å²) in [5, 5.41) is 13.5. The summed E-state index contributed by atoms with van der Waals surface area (Å²) < 4.78 is 0. The second-order valence-electron chi connectivity index (χ2n) is 9.66. The minimum atomic E-state index is -0.188. The minimum Gasteiger partial charge on any atom is -0.393 e. The van der Waals surface area contributed by atoms with Gasteiger partial charge in [0.05, 0.1) is 40.8 Å². The van der Waals surface area contributed by atoms with E-state index in [0.29, 0.717) is 12.1 Å². The van der Waals surface area contributed by atoms with E-state index in [4.69, 9.17) is 9.97 Å². The molecule has 1 amide bonds. The molecule has 182 valence electrons. The smallest absolute Gasteiger partial charge is 0.253 e. The molecule has 0 unspecified atom stereocenters. The van der Waals surface area contributed by atoms with Crippen LogP contribution in [-0.2, 0) is 6.54 Å². The SMILES string of the molecule is CSc1cncc(C(=O)NCc2cc3nc(-c4cccc(N5CC6(CC(O)C6)C5)n4)ccc3cn2)c1. The molecule has 4 aromatic rings. The van der Waals surface area contributed by atoms with E-state index in [1.54, 1.807) is 30.4 Å². The molecule has 1 spiro atoms. The quantitative estimate of drug-likeness (QED) is 0.388. The van der Waals surface area contributed by atoms with Crippen LogP contribution >= 0.6 is 11.8 Å². The second kappa shape index (κ2) is 9.15. The molecule has 1 aliphatic carbocycles. The number of amides is 1. The molecular formula is C27H26N6O2S. The Hall–Kier alpha value is -3.56. The van der Waals surface area contributed by atoms with Gasteiger partial charge in [0.15, 0.2) is 0 Å². The summed E-state index contributed by atoms with van der Waals surface area (Å²) in [6.07, 6.45) is 8.68. The molecule has 0 aromatic carbocycles. The minimum absolute atomic E-state index is 0.135. The summed E-state index contributed by atoms with van der Waals surface area (Å²) in [7, 11) is 0. The first-order valence-electron chi connectivity index (χ1n) is 11.9. The number of thioether (sulfide) groups is 1. The van der Waals surface area contributed by atoms with Gasteiger partial charge < -0.3 is 15.3 Å². The fourth-order valence-electron chi connectivity index (χ4n) is 5.09. The maximum atomic E-state index is 12.6. The van der Waals surface area contributed by atoms with E-state index >= 15 is 0 Å². The number of hydrogen-bond acceptors (Lipinski definition) is 8. The van der Waals surface area contributed by atoms with Crippen molar-refractivity contribution >= 4 is 34.4 Å². The highest BCUT2D eigenvalue weighted by Gasteiger charge is 2.52. The molecule has 8 nitrogen and oxygen atoms in total. The molecule has 0 atom stereocenters. The molecule has 4 aromatic heterocycles. The zero-order valence-electron chi connectivity index (χ0n) is 19.9. The van der Waals surface area contributed by atoms with Crippen molar-refractivity contribution in [2.45, 2.75) is 30.4 Å². The predicted octanol–water partition coefficient (Wildman–Crippen LogP) is 3.70. The highest BCUT2D eigenvalue weighted by molar-refractivity contribution is 7.98. The first-order valence-corrected chi connectivity index (χ1v) is 13.2. The Kier molecular flexibility index (Phi) is 5.81. The van der Waals surface area contributed by atoms with Crippen LogP contribution in [0.2, 0.25) is 0 Å². The van der Waals surface area contributed by atoms with Crippen LogP contribution in [0.4, 0.5) is 5.82 Å². The van der Waals surface area contributed by atoms with Crippen LogP contribution < -0.4 is 10.2 Å². The lowest BCUT2D eigenvalue weighted by molar-refractivity contribution is -0.0494. The molecule has 0 bridgehead atoms. The van der Waals surface area contributed by atoms with Crippen molar-refractivity contribution in [3.05, 3.63) is 72.3 Å². The summed E-state index contributed by atoms with van der Waals surface area (Å²) in [6.45, 7) is 2.19. The number of carbonyl (C=O) groups excluding carboxylic acids is 1. The number of pyridine rings is 4. The maximum Gasteiger partial charge on any atom is 0.253 e. The Bertz CT molecular complexity index is 1450. The molecule has 6 rings (SSSR count). The van der Waals surface area contributed by atoms with Crippen LogP contribution in [-0.4, -0.2) is 56.4 Å². The summed E-state index contributed by atoms with van der Waals surface area (Å²) >= 11 is 1.55. The van der Waals surface area contributed by atoms with Crippen LogP contribution in [0.25, 0.3) is 22.3 Å². The molecule has 5 heterocycles. The van der Waals surface area contributed by atoms with Gasteiger partial charge in [-0.05, 0) is 55.5 Å². The summed E-state index contributed by atoms with van der Waals surface area (Å²) in [6, 6.07) is 13.7. The van der Waals surface area contributed by atoms with Crippen molar-refractivity contribution in [1.29, 1.82) is 0 Å². The molecule has 1 saturated heterocycles. The van der Waals surface area contributed by atoms with Crippen molar-refractivity contribution in [3.8, 4) is 11.4 Å². The Balaban J connectivity index is 1.17. The maximum absolute atomic E-state index is 12.6. The first-order chi connectivity index (χ1) is 17.5. The van der Waals surface area contributed by atoms with E-state index in [2.05, 4.69) is 20.2 Å². The number of aliphatic hydroxyl groups excluding tert-OH is 1. The van der Waals surface area contributed by atoms with Gasteiger partial charge in [-0.2, -0.15) is 0 Å². The lowest BCUT2D eigenvalue weighted by Crippen LogP contribution is -2.64. The van der Waals surface area contributed by atoms with Gasteiger partial charge in [0, 0.05) is 47.4 Å². The highest BCUT2D eigenvalue weighted by atomic mass is 32.2. The molecular weight excluding hydrogens is 472 g/mol. The molecule has 1 saturated carbocycles. The van der Waals surface area contributed by atoms with Crippen molar-refractivity contribution < 1.29 is 9.90 Å². The standard InChI is InChI=1S/C27H26N6O2S/c1-36-21-7-18(11-28-14-21)26(35)30-13-19-8-24-17(12-29-19)5-6-23(31-24)22-3-2-4-25(32-22)33-15-27(16-33)9-20(34)10-27/h2-8,11-12,14,20,34H,9-10,13,15-16H2,1H3,(H,30,35). The van der Waals surface area contributed by atoms with Crippen LogP contribution in [0, 0.1) is 5.41 Å². The molecule has 0 radical (unpaired) electrons. The number of nitrogens with one attached hydrogen (secondary N) is 1. The van der Waals surface area contributed by atoms with Crippen LogP contribution in [0.5, 0.6) is 0 Å². The Labute approximate surface area is 213 Å². The van der Waals surface area contributed by atoms with Crippen molar-refractivity contribution in [2.24, 2.45) is 5.41 Å². The molecule has 2 fully saturated rings. The number of rotatable bonds is 6. The number of fused-ring (bicyclic) bond motifs is 1. The fraction of sp³-hybridized carbons (Fsp3) is 0.296. The third-order valence-electron chi connectivity index (χ3n) is 6.98. The van der Waals surface area contributed by atoms with Gasteiger partial charge in [-0.1, -0.05) is 6.07 Å². The first kappa shape index (κ1) is 22.9. The number of aromatic nitrogens is 4. The van der Waals surface area contributed by atoms with Crippen molar-refractivity contribution in [2.75, 3.05) is 24.2 Å². The van der Waals surface area contributed by atoms with E-state index < -0.39 is 0 Å². The van der Waals surface area contributed by atoms with Crippen LogP contribution in [0.15, 0.2) is 66.0 Å². The van der Waals surface area contributed by atoms with Gasteiger partial charge in [-0.3, -0.25) is 14.8 Å². The van der Waals surface area contributed by atoms with E-state index in [0.717, 1.165) is 64.6 Å². The van der Waals surface area contributed by atoms with Crippen molar-refractivity contribution in [1.82, 2.24) is 25.3 Å². The van der Waals surface area contributed by atoms with E-state index in [1.807, 2.05) is 48.7 Å². The molecule has 9 heteroatoms. The van der Waals surface area contributed by atoms with E-state index in [1.165, 1.54) is 0 Å². The lowest BCUT2D eigenvalue weighted by Gasteiger charge is -2.58. The number of hydrogen-bond donors (Lipinski definition) is 2. The highest BCUT2D eigenvalue weighted by Crippen LogP contribution is 2.49. The normalized spacial score (nSPS) is 16.6. The van der Waals surface area contributed by atoms with Gasteiger partial charge in [-0.25, -0.2) is 9.97 Å². The van der Waals surface area contributed by atoms with Crippen molar-refractivity contribution in [3.63, 3.8) is 0 Å². The fourth-order valence-corrected chi connectivity index (χ4v) is 5.50.